The lowest BCUT2D eigenvalue weighted by molar-refractivity contribution is -0.141. The molecule has 0 aliphatic carbocycles. The van der Waals surface area contributed by atoms with Gasteiger partial charge in [0.15, 0.2) is 0 Å². The van der Waals surface area contributed by atoms with Crippen LogP contribution in [0.1, 0.15) is 20.8 Å². The van der Waals surface area contributed by atoms with Crippen molar-refractivity contribution >= 4 is 16.2 Å². The summed E-state index contributed by atoms with van der Waals surface area (Å²) in [5.41, 5.74) is 0. The molecule has 0 aromatic heterocycles. The fourth-order valence-corrected chi connectivity index (χ4v) is 1.80. The van der Waals surface area contributed by atoms with Gasteiger partial charge in [0, 0.05) is 13.1 Å². The summed E-state index contributed by atoms with van der Waals surface area (Å²) in [4.78, 5) is 10.9. The number of esters is 1. The summed E-state index contributed by atoms with van der Waals surface area (Å²) >= 11 is 0. The Kier molecular flexibility index (Phi) is 5.77. The number of hydrogen-bond acceptors (Lipinski definition) is 4. The Morgan fingerprint density at radius 1 is 1.47 bits per heavy atom. The maximum absolute atomic E-state index is 11.5. The predicted octanol–water partition coefficient (Wildman–Crippen LogP) is -0.276. The Hall–Kier alpha value is -0.660. The summed E-state index contributed by atoms with van der Waals surface area (Å²) in [6.45, 7) is 5.04. The van der Waals surface area contributed by atoms with Crippen LogP contribution in [0.3, 0.4) is 0 Å². The largest absolute Gasteiger partial charge is 0.465 e. The first-order valence-electron chi connectivity index (χ1n) is 4.69. The van der Waals surface area contributed by atoms with E-state index in [0.717, 1.165) is 4.31 Å². The van der Waals surface area contributed by atoms with Crippen molar-refractivity contribution in [2.45, 2.75) is 26.8 Å². The van der Waals surface area contributed by atoms with E-state index in [0.29, 0.717) is 0 Å². The quantitative estimate of drug-likeness (QED) is 0.646. The smallest absolute Gasteiger partial charge is 0.321 e. The van der Waals surface area contributed by atoms with Crippen LogP contribution < -0.4 is 4.72 Å². The zero-order valence-electron chi connectivity index (χ0n) is 9.48. The van der Waals surface area contributed by atoms with Crippen molar-refractivity contribution < 1.29 is 17.9 Å². The third kappa shape index (κ3) is 5.10. The molecule has 0 unspecified atom stereocenters. The zero-order chi connectivity index (χ0) is 12.1. The number of rotatable bonds is 6. The molecule has 0 rings (SSSR count). The third-order valence-corrected chi connectivity index (χ3v) is 3.50. The maximum Gasteiger partial charge on any atom is 0.321 e. The Balaban J connectivity index is 4.22. The molecule has 0 aromatic carbocycles. The highest BCUT2D eigenvalue weighted by molar-refractivity contribution is 7.87. The van der Waals surface area contributed by atoms with Gasteiger partial charge in [0.1, 0.15) is 6.54 Å². The van der Waals surface area contributed by atoms with Gasteiger partial charge in [-0.2, -0.15) is 17.4 Å². The molecule has 0 saturated heterocycles. The van der Waals surface area contributed by atoms with Crippen LogP contribution in [0.15, 0.2) is 0 Å². The van der Waals surface area contributed by atoms with Crippen molar-refractivity contribution in [3.63, 3.8) is 0 Å². The molecule has 15 heavy (non-hydrogen) atoms. The maximum atomic E-state index is 11.5. The summed E-state index contributed by atoms with van der Waals surface area (Å²) in [5.74, 6) is -0.585. The van der Waals surface area contributed by atoms with Crippen LogP contribution in [0.2, 0.25) is 0 Å². The second-order valence-electron chi connectivity index (χ2n) is 3.24. The second kappa shape index (κ2) is 6.04. The molecule has 0 spiro atoms. The fourth-order valence-electron chi connectivity index (χ4n) is 0.742. The molecule has 0 aliphatic rings. The summed E-state index contributed by atoms with van der Waals surface area (Å²) in [7, 11) is -2.15. The minimum atomic E-state index is -3.59. The van der Waals surface area contributed by atoms with Crippen LogP contribution in [0, 0.1) is 0 Å². The number of carbonyl (C=O) groups is 1. The first-order chi connectivity index (χ1) is 6.81. The SMILES string of the molecule is CCOC(=O)CNS(=O)(=O)N(C)C(C)C. The van der Waals surface area contributed by atoms with Gasteiger partial charge in [-0.1, -0.05) is 0 Å². The number of nitrogens with one attached hydrogen (secondary N) is 1. The van der Waals surface area contributed by atoms with Crippen LogP contribution in [0.25, 0.3) is 0 Å². The molecule has 0 fully saturated rings. The van der Waals surface area contributed by atoms with Crippen molar-refractivity contribution in [3.05, 3.63) is 0 Å². The van der Waals surface area contributed by atoms with Crippen LogP contribution >= 0.6 is 0 Å². The predicted molar refractivity (Wildman–Crippen MR) is 56.5 cm³/mol. The highest BCUT2D eigenvalue weighted by Crippen LogP contribution is 1.99. The van der Waals surface area contributed by atoms with E-state index in [1.54, 1.807) is 20.8 Å². The van der Waals surface area contributed by atoms with Crippen LogP contribution in [0.5, 0.6) is 0 Å². The molecule has 0 atom stereocenters. The van der Waals surface area contributed by atoms with Gasteiger partial charge in [-0.25, -0.2) is 0 Å². The Morgan fingerprint density at radius 2 is 2.00 bits per heavy atom. The third-order valence-electron chi connectivity index (χ3n) is 1.81. The molecule has 6 nitrogen and oxygen atoms in total. The van der Waals surface area contributed by atoms with E-state index in [-0.39, 0.29) is 19.2 Å². The van der Waals surface area contributed by atoms with Crippen LogP contribution in [-0.2, 0) is 19.7 Å². The molecule has 90 valence electrons. The van der Waals surface area contributed by atoms with Gasteiger partial charge in [-0.05, 0) is 20.8 Å². The number of nitrogens with zero attached hydrogens (tertiary/aromatic N) is 1. The van der Waals surface area contributed by atoms with Gasteiger partial charge >= 0.3 is 5.97 Å². The average molecular weight is 238 g/mol. The van der Waals surface area contributed by atoms with Gasteiger partial charge in [0.2, 0.25) is 0 Å². The molecule has 7 heteroatoms. The summed E-state index contributed by atoms with van der Waals surface area (Å²) in [6.07, 6.45) is 0. The fraction of sp³-hybridized carbons (Fsp3) is 0.875. The van der Waals surface area contributed by atoms with Gasteiger partial charge in [0.25, 0.3) is 10.2 Å². The Labute approximate surface area is 90.8 Å². The topological polar surface area (TPSA) is 75.7 Å². The van der Waals surface area contributed by atoms with Crippen molar-refractivity contribution in [1.29, 1.82) is 0 Å². The minimum absolute atomic E-state index is 0.162. The van der Waals surface area contributed by atoms with Crippen molar-refractivity contribution in [1.82, 2.24) is 9.03 Å². The van der Waals surface area contributed by atoms with E-state index >= 15 is 0 Å². The standard InChI is InChI=1S/C8H18N2O4S/c1-5-14-8(11)6-9-15(12,13)10(4)7(2)3/h7,9H,5-6H2,1-4H3. The average Bonchev–Trinajstić information content (AvgIpc) is 2.14. The molecule has 0 amide bonds. The van der Waals surface area contributed by atoms with Gasteiger partial charge < -0.3 is 4.74 Å². The highest BCUT2D eigenvalue weighted by atomic mass is 32.2. The molecule has 1 N–H and O–H groups in total. The highest BCUT2D eigenvalue weighted by Gasteiger charge is 2.20. The van der Waals surface area contributed by atoms with Crippen LogP contribution in [0.4, 0.5) is 0 Å². The Morgan fingerprint density at radius 3 is 2.40 bits per heavy atom. The van der Waals surface area contributed by atoms with E-state index in [9.17, 15) is 13.2 Å². The monoisotopic (exact) mass is 238 g/mol. The molecule has 0 saturated carbocycles. The van der Waals surface area contributed by atoms with Gasteiger partial charge in [-0.15, -0.1) is 0 Å². The first-order valence-corrected chi connectivity index (χ1v) is 6.13. The minimum Gasteiger partial charge on any atom is -0.465 e. The molecule has 0 radical (unpaired) electrons. The molecule has 0 heterocycles. The Bertz CT molecular complexity index is 300. The lowest BCUT2D eigenvalue weighted by atomic mass is 10.4. The first kappa shape index (κ1) is 14.3. The molecular formula is C8H18N2O4S. The molecule has 0 aromatic rings. The molecule has 0 aliphatic heterocycles. The zero-order valence-corrected chi connectivity index (χ0v) is 10.3. The normalized spacial score (nSPS) is 12.1. The molecular weight excluding hydrogens is 220 g/mol. The van der Waals surface area contributed by atoms with Crippen LogP contribution in [-0.4, -0.2) is 44.9 Å². The van der Waals surface area contributed by atoms with E-state index in [1.807, 2.05) is 0 Å². The number of ether oxygens (including phenoxy) is 1. The summed E-state index contributed by atoms with van der Waals surface area (Å²) < 4.78 is 30.9. The van der Waals surface area contributed by atoms with Crippen molar-refractivity contribution in [2.24, 2.45) is 0 Å². The lowest BCUT2D eigenvalue weighted by Crippen LogP contribution is -2.43. The van der Waals surface area contributed by atoms with Crippen molar-refractivity contribution in [3.8, 4) is 0 Å². The summed E-state index contributed by atoms with van der Waals surface area (Å²) in [5, 5.41) is 0. The number of hydrogen-bond donors (Lipinski definition) is 1. The second-order valence-corrected chi connectivity index (χ2v) is 5.06. The van der Waals surface area contributed by atoms with Gasteiger partial charge in [0.05, 0.1) is 6.61 Å². The number of carbonyl (C=O) groups excluding carboxylic acids is 1. The van der Waals surface area contributed by atoms with E-state index in [2.05, 4.69) is 9.46 Å². The molecule has 0 bridgehead atoms. The van der Waals surface area contributed by atoms with E-state index in [4.69, 9.17) is 0 Å². The van der Waals surface area contributed by atoms with Crippen molar-refractivity contribution in [2.75, 3.05) is 20.2 Å². The lowest BCUT2D eigenvalue weighted by Gasteiger charge is -2.20. The van der Waals surface area contributed by atoms with E-state index in [1.165, 1.54) is 7.05 Å². The van der Waals surface area contributed by atoms with E-state index < -0.39 is 16.2 Å². The van der Waals surface area contributed by atoms with Gasteiger partial charge in [-0.3, -0.25) is 4.79 Å². The summed E-state index contributed by atoms with van der Waals surface area (Å²) in [6, 6.07) is -0.162.